The van der Waals surface area contributed by atoms with E-state index in [0.29, 0.717) is 11.3 Å². The number of hydrogen-bond acceptors (Lipinski definition) is 3. The highest BCUT2D eigenvalue weighted by Gasteiger charge is 2.39. The third kappa shape index (κ3) is 3.58. The molecule has 0 aromatic heterocycles. The molecule has 0 radical (unpaired) electrons. The zero-order valence-corrected chi connectivity index (χ0v) is 18.8. The summed E-state index contributed by atoms with van der Waals surface area (Å²) in [6.45, 7) is 3.86. The average Bonchev–Trinajstić information content (AvgIpc) is 3.26. The Balaban J connectivity index is 1.50. The lowest BCUT2D eigenvalue weighted by molar-refractivity contribution is 0.413. The van der Waals surface area contributed by atoms with Gasteiger partial charge in [0.15, 0.2) is 0 Å². The first-order valence-electron chi connectivity index (χ1n) is 10.7. The third-order valence-electron chi connectivity index (χ3n) is 6.51. The van der Waals surface area contributed by atoms with Gasteiger partial charge in [-0.25, -0.2) is 12.8 Å². The maximum atomic E-state index is 14.5. The van der Waals surface area contributed by atoms with Gasteiger partial charge < -0.3 is 5.32 Å². The average molecular weight is 449 g/mol. The SMILES string of the molecule is Cc1ccc(NS(=O)(=O)c2ccc3c(c2)[C@@H]2C=CC[C@@H]2[C@@H](c2ccccc2F)N3)c(C)c1. The van der Waals surface area contributed by atoms with Crippen LogP contribution in [0.15, 0.2) is 77.7 Å². The fourth-order valence-corrected chi connectivity index (χ4v) is 6.07. The van der Waals surface area contributed by atoms with Gasteiger partial charge in [0.05, 0.1) is 16.6 Å². The second kappa shape index (κ2) is 7.78. The molecule has 6 heteroatoms. The molecule has 2 aliphatic rings. The number of benzene rings is 3. The van der Waals surface area contributed by atoms with Crippen molar-refractivity contribution >= 4 is 21.4 Å². The molecule has 3 aromatic carbocycles. The lowest BCUT2D eigenvalue weighted by Crippen LogP contribution is -2.30. The summed E-state index contributed by atoms with van der Waals surface area (Å²) >= 11 is 0. The summed E-state index contributed by atoms with van der Waals surface area (Å²) in [5.41, 5.74) is 4.94. The quantitative estimate of drug-likeness (QED) is 0.476. The molecule has 4 nitrogen and oxygen atoms in total. The summed E-state index contributed by atoms with van der Waals surface area (Å²) in [5.74, 6) is -0.0623. The summed E-state index contributed by atoms with van der Waals surface area (Å²) < 4.78 is 43.6. The topological polar surface area (TPSA) is 58.2 Å². The Kier molecular flexibility index (Phi) is 5.05. The van der Waals surface area contributed by atoms with Gasteiger partial charge in [-0.05, 0) is 67.6 Å². The minimum absolute atomic E-state index is 0.0344. The Morgan fingerprint density at radius 2 is 1.81 bits per heavy atom. The molecule has 1 aliphatic heterocycles. The number of allylic oxidation sites excluding steroid dienone is 2. The molecule has 1 aliphatic carbocycles. The summed E-state index contributed by atoms with van der Waals surface area (Å²) in [6.07, 6.45) is 5.04. The van der Waals surface area contributed by atoms with Crippen LogP contribution < -0.4 is 10.0 Å². The number of rotatable bonds is 4. The summed E-state index contributed by atoms with van der Waals surface area (Å²) in [5, 5.41) is 3.47. The molecule has 0 amide bonds. The van der Waals surface area contributed by atoms with Crippen molar-refractivity contribution < 1.29 is 12.8 Å². The van der Waals surface area contributed by atoms with Crippen LogP contribution >= 0.6 is 0 Å². The predicted octanol–water partition coefficient (Wildman–Crippen LogP) is 6.07. The van der Waals surface area contributed by atoms with Crippen LogP contribution in [0.1, 0.15) is 40.6 Å². The largest absolute Gasteiger partial charge is 0.378 e. The van der Waals surface area contributed by atoms with Crippen LogP contribution in [0.2, 0.25) is 0 Å². The number of anilines is 2. The van der Waals surface area contributed by atoms with Gasteiger partial charge in [-0.3, -0.25) is 4.72 Å². The molecule has 3 aromatic rings. The smallest absolute Gasteiger partial charge is 0.261 e. The molecule has 5 rings (SSSR count). The van der Waals surface area contributed by atoms with Gasteiger partial charge in [0.2, 0.25) is 0 Å². The summed E-state index contributed by atoms with van der Waals surface area (Å²) in [4.78, 5) is 0.224. The Morgan fingerprint density at radius 3 is 2.59 bits per heavy atom. The van der Waals surface area contributed by atoms with Gasteiger partial charge in [0.25, 0.3) is 10.0 Å². The molecule has 0 saturated carbocycles. The summed E-state index contributed by atoms with van der Waals surface area (Å²) in [6, 6.07) is 17.5. The van der Waals surface area contributed by atoms with Crippen molar-refractivity contribution in [2.45, 2.75) is 37.1 Å². The number of nitrogens with one attached hydrogen (secondary N) is 2. The fraction of sp³-hybridized carbons (Fsp3) is 0.231. The van der Waals surface area contributed by atoms with Crippen molar-refractivity contribution in [3.05, 3.63) is 101 Å². The predicted molar refractivity (Wildman–Crippen MR) is 126 cm³/mol. The van der Waals surface area contributed by atoms with Crippen LogP contribution in [0.3, 0.4) is 0 Å². The monoisotopic (exact) mass is 448 g/mol. The van der Waals surface area contributed by atoms with Crippen LogP contribution in [-0.4, -0.2) is 8.42 Å². The zero-order valence-electron chi connectivity index (χ0n) is 18.0. The molecule has 32 heavy (non-hydrogen) atoms. The molecule has 0 fully saturated rings. The van der Waals surface area contributed by atoms with Gasteiger partial charge >= 0.3 is 0 Å². The normalized spacial score (nSPS) is 21.5. The lowest BCUT2D eigenvalue weighted by atomic mass is 9.77. The Bertz CT molecular complexity index is 1330. The van der Waals surface area contributed by atoms with Gasteiger partial charge in [0.1, 0.15) is 5.82 Å². The van der Waals surface area contributed by atoms with E-state index in [0.717, 1.165) is 28.8 Å². The van der Waals surface area contributed by atoms with Crippen LogP contribution in [-0.2, 0) is 10.0 Å². The molecule has 164 valence electrons. The van der Waals surface area contributed by atoms with Crippen molar-refractivity contribution in [3.63, 3.8) is 0 Å². The van der Waals surface area contributed by atoms with Crippen LogP contribution in [0.5, 0.6) is 0 Å². The highest BCUT2D eigenvalue weighted by Crippen LogP contribution is 2.50. The van der Waals surface area contributed by atoms with E-state index >= 15 is 0 Å². The molecule has 0 saturated heterocycles. The Hall–Kier alpha value is -3.12. The van der Waals surface area contributed by atoms with Gasteiger partial charge in [-0.1, -0.05) is 48.0 Å². The van der Waals surface area contributed by atoms with E-state index in [-0.39, 0.29) is 28.6 Å². The third-order valence-corrected chi connectivity index (χ3v) is 7.87. The van der Waals surface area contributed by atoms with E-state index in [1.165, 1.54) is 6.07 Å². The second-order valence-electron chi connectivity index (χ2n) is 8.67. The van der Waals surface area contributed by atoms with Crippen molar-refractivity contribution in [2.24, 2.45) is 5.92 Å². The fourth-order valence-electron chi connectivity index (χ4n) is 4.91. The van der Waals surface area contributed by atoms with E-state index in [1.54, 1.807) is 30.3 Å². The van der Waals surface area contributed by atoms with E-state index in [1.807, 2.05) is 38.1 Å². The molecular formula is C26H25FN2O2S. The first-order chi connectivity index (χ1) is 15.3. The van der Waals surface area contributed by atoms with Crippen molar-refractivity contribution in [1.29, 1.82) is 0 Å². The van der Waals surface area contributed by atoms with Gasteiger partial charge in [0, 0.05) is 17.2 Å². The second-order valence-corrected chi connectivity index (χ2v) is 10.4. The number of halogens is 1. The van der Waals surface area contributed by atoms with Gasteiger partial charge in [-0.15, -0.1) is 0 Å². The molecule has 1 heterocycles. The number of hydrogen-bond donors (Lipinski definition) is 2. The van der Waals surface area contributed by atoms with Crippen molar-refractivity contribution in [3.8, 4) is 0 Å². The zero-order chi connectivity index (χ0) is 22.5. The minimum Gasteiger partial charge on any atom is -0.378 e. The first-order valence-corrected chi connectivity index (χ1v) is 12.2. The minimum atomic E-state index is -3.75. The van der Waals surface area contributed by atoms with Crippen LogP contribution in [0.25, 0.3) is 0 Å². The molecule has 3 atom stereocenters. The van der Waals surface area contributed by atoms with Crippen LogP contribution in [0.4, 0.5) is 15.8 Å². The van der Waals surface area contributed by atoms with Crippen molar-refractivity contribution in [1.82, 2.24) is 0 Å². The molecule has 0 unspecified atom stereocenters. The molecule has 0 spiro atoms. The summed E-state index contributed by atoms with van der Waals surface area (Å²) in [7, 11) is -3.75. The standard InChI is InChI=1S/C26H25FN2O2S/c1-16-10-12-24(17(2)14-16)29-32(30,31)18-11-13-25-22(15-18)19-7-5-8-20(19)26(28-25)21-6-3-4-9-23(21)27/h3-7,9-15,19-20,26,28-29H,8H2,1-2H3/t19-,20+,26+/m1/s1. The molecule has 2 N–H and O–H groups in total. The van der Waals surface area contributed by atoms with E-state index in [2.05, 4.69) is 22.2 Å². The van der Waals surface area contributed by atoms with Crippen molar-refractivity contribution in [2.75, 3.05) is 10.0 Å². The molecular weight excluding hydrogens is 423 g/mol. The number of fused-ring (bicyclic) bond motifs is 3. The highest BCUT2D eigenvalue weighted by atomic mass is 32.2. The highest BCUT2D eigenvalue weighted by molar-refractivity contribution is 7.92. The lowest BCUT2D eigenvalue weighted by Gasteiger charge is -2.37. The van der Waals surface area contributed by atoms with Crippen LogP contribution in [0, 0.1) is 25.6 Å². The van der Waals surface area contributed by atoms with Gasteiger partial charge in [-0.2, -0.15) is 0 Å². The first kappa shape index (κ1) is 20.8. The van der Waals surface area contributed by atoms with E-state index in [9.17, 15) is 12.8 Å². The van der Waals surface area contributed by atoms with E-state index < -0.39 is 10.0 Å². The number of sulfonamides is 1. The molecule has 0 bridgehead atoms. The Morgan fingerprint density at radius 1 is 1.00 bits per heavy atom. The number of aryl methyl sites for hydroxylation is 2. The van der Waals surface area contributed by atoms with E-state index in [4.69, 9.17) is 0 Å². The maximum Gasteiger partial charge on any atom is 0.261 e. The maximum absolute atomic E-state index is 14.5. The Labute approximate surface area is 188 Å².